The van der Waals surface area contributed by atoms with E-state index in [0.29, 0.717) is 0 Å². The first-order chi connectivity index (χ1) is 9.60. The molecule has 2 aromatic rings. The molecule has 0 aliphatic rings. The largest absolute Gasteiger partial charge is 0.484 e. The van der Waals surface area contributed by atoms with Crippen molar-refractivity contribution in [3.63, 3.8) is 0 Å². The fourth-order valence-electron chi connectivity index (χ4n) is 2.30. The van der Waals surface area contributed by atoms with E-state index in [2.05, 4.69) is 51.1 Å². The standard InChI is InChI=1S/C18H23NO/c1-4-17(19)18(15-9-5-7-13(2)11-15)20-16-10-6-8-14(3)12-16/h5-12,17-18H,4,19H2,1-3H3. The number of ether oxygens (including phenoxy) is 1. The molecule has 0 aliphatic heterocycles. The van der Waals surface area contributed by atoms with Crippen LogP contribution in [0.25, 0.3) is 0 Å². The third-order valence-corrected chi connectivity index (χ3v) is 3.48. The molecule has 0 aromatic heterocycles. The monoisotopic (exact) mass is 269 g/mol. The third kappa shape index (κ3) is 3.61. The fourth-order valence-corrected chi connectivity index (χ4v) is 2.30. The molecule has 0 heterocycles. The summed E-state index contributed by atoms with van der Waals surface area (Å²) in [4.78, 5) is 0. The Morgan fingerprint density at radius 1 is 1.00 bits per heavy atom. The lowest BCUT2D eigenvalue weighted by molar-refractivity contribution is 0.171. The average Bonchev–Trinajstić information content (AvgIpc) is 2.44. The SMILES string of the molecule is CCC(N)C(Oc1cccc(C)c1)c1cccc(C)c1. The van der Waals surface area contributed by atoms with Crippen LogP contribution in [0.2, 0.25) is 0 Å². The van der Waals surface area contributed by atoms with Crippen molar-refractivity contribution in [2.24, 2.45) is 5.73 Å². The van der Waals surface area contributed by atoms with Crippen molar-refractivity contribution in [2.75, 3.05) is 0 Å². The van der Waals surface area contributed by atoms with Crippen LogP contribution < -0.4 is 10.5 Å². The Morgan fingerprint density at radius 3 is 2.25 bits per heavy atom. The van der Waals surface area contributed by atoms with Gasteiger partial charge in [0.05, 0.1) is 0 Å². The van der Waals surface area contributed by atoms with E-state index in [4.69, 9.17) is 10.5 Å². The smallest absolute Gasteiger partial charge is 0.139 e. The van der Waals surface area contributed by atoms with E-state index in [-0.39, 0.29) is 12.1 Å². The fraction of sp³-hybridized carbons (Fsp3) is 0.333. The van der Waals surface area contributed by atoms with Gasteiger partial charge < -0.3 is 10.5 Å². The first kappa shape index (κ1) is 14.6. The summed E-state index contributed by atoms with van der Waals surface area (Å²) in [5.41, 5.74) is 9.82. The average molecular weight is 269 g/mol. The maximum atomic E-state index is 6.26. The van der Waals surface area contributed by atoms with Crippen molar-refractivity contribution < 1.29 is 4.74 Å². The van der Waals surface area contributed by atoms with Gasteiger partial charge in [-0.25, -0.2) is 0 Å². The molecule has 2 heteroatoms. The van der Waals surface area contributed by atoms with Crippen LogP contribution in [0.3, 0.4) is 0 Å². The van der Waals surface area contributed by atoms with E-state index >= 15 is 0 Å². The second-order valence-electron chi connectivity index (χ2n) is 5.34. The van der Waals surface area contributed by atoms with Crippen molar-refractivity contribution in [3.8, 4) is 5.75 Å². The third-order valence-electron chi connectivity index (χ3n) is 3.48. The zero-order valence-corrected chi connectivity index (χ0v) is 12.5. The summed E-state index contributed by atoms with van der Waals surface area (Å²) in [5, 5.41) is 0. The van der Waals surface area contributed by atoms with Crippen molar-refractivity contribution in [3.05, 3.63) is 65.2 Å². The van der Waals surface area contributed by atoms with E-state index in [9.17, 15) is 0 Å². The molecule has 20 heavy (non-hydrogen) atoms. The molecular formula is C18H23NO. The molecule has 2 nitrogen and oxygen atoms in total. The van der Waals surface area contributed by atoms with E-state index in [1.165, 1.54) is 11.1 Å². The Balaban J connectivity index is 2.29. The highest BCUT2D eigenvalue weighted by atomic mass is 16.5. The highest BCUT2D eigenvalue weighted by Crippen LogP contribution is 2.26. The summed E-state index contributed by atoms with van der Waals surface area (Å²) < 4.78 is 6.16. The normalized spacial score (nSPS) is 13.8. The van der Waals surface area contributed by atoms with Crippen molar-refractivity contribution in [2.45, 2.75) is 39.3 Å². The molecule has 0 saturated heterocycles. The number of nitrogens with two attached hydrogens (primary N) is 1. The second kappa shape index (κ2) is 6.58. The Hall–Kier alpha value is -1.80. The van der Waals surface area contributed by atoms with Crippen molar-refractivity contribution >= 4 is 0 Å². The lowest BCUT2D eigenvalue weighted by atomic mass is 9.99. The van der Waals surface area contributed by atoms with Crippen LogP contribution in [0, 0.1) is 13.8 Å². The Morgan fingerprint density at radius 2 is 1.65 bits per heavy atom. The number of aryl methyl sites for hydroxylation is 2. The van der Waals surface area contributed by atoms with Crippen LogP contribution in [0.4, 0.5) is 0 Å². The summed E-state index contributed by atoms with van der Waals surface area (Å²) in [6, 6.07) is 16.5. The molecule has 0 radical (unpaired) electrons. The molecule has 2 N–H and O–H groups in total. The Labute approximate surface area is 121 Å². The van der Waals surface area contributed by atoms with Gasteiger partial charge in [0.15, 0.2) is 0 Å². The molecule has 2 aromatic carbocycles. The molecule has 2 atom stereocenters. The second-order valence-corrected chi connectivity index (χ2v) is 5.34. The molecule has 0 amide bonds. The summed E-state index contributed by atoms with van der Waals surface area (Å²) in [5.74, 6) is 0.875. The number of rotatable bonds is 5. The maximum Gasteiger partial charge on any atom is 0.139 e. The summed E-state index contributed by atoms with van der Waals surface area (Å²) >= 11 is 0. The minimum absolute atomic E-state index is 0.0164. The first-order valence-corrected chi connectivity index (χ1v) is 7.15. The lowest BCUT2D eigenvalue weighted by Crippen LogP contribution is -2.31. The topological polar surface area (TPSA) is 35.2 Å². The minimum atomic E-state index is -0.110. The van der Waals surface area contributed by atoms with Crippen LogP contribution in [0.1, 0.15) is 36.1 Å². The number of hydrogen-bond acceptors (Lipinski definition) is 2. The van der Waals surface area contributed by atoms with E-state index in [1.54, 1.807) is 0 Å². The Bertz CT molecular complexity index is 565. The lowest BCUT2D eigenvalue weighted by Gasteiger charge is -2.25. The van der Waals surface area contributed by atoms with Crippen molar-refractivity contribution in [1.82, 2.24) is 0 Å². The molecule has 0 bridgehead atoms. The summed E-state index contributed by atoms with van der Waals surface area (Å²) in [7, 11) is 0. The maximum absolute atomic E-state index is 6.26. The van der Waals surface area contributed by atoms with Gasteiger partial charge in [-0.15, -0.1) is 0 Å². The van der Waals surface area contributed by atoms with Gasteiger partial charge in [0.25, 0.3) is 0 Å². The molecule has 0 saturated carbocycles. The van der Waals surface area contributed by atoms with E-state index < -0.39 is 0 Å². The molecule has 2 unspecified atom stereocenters. The van der Waals surface area contributed by atoms with Gasteiger partial charge in [-0.05, 0) is 43.5 Å². The summed E-state index contributed by atoms with van der Waals surface area (Å²) in [6.07, 6.45) is 0.770. The van der Waals surface area contributed by atoms with Gasteiger partial charge in [0.2, 0.25) is 0 Å². The van der Waals surface area contributed by atoms with Crippen LogP contribution in [-0.2, 0) is 0 Å². The highest BCUT2D eigenvalue weighted by Gasteiger charge is 2.20. The molecular weight excluding hydrogens is 246 g/mol. The summed E-state index contributed by atoms with van der Waals surface area (Å²) in [6.45, 7) is 6.24. The zero-order valence-electron chi connectivity index (χ0n) is 12.5. The van der Waals surface area contributed by atoms with Gasteiger partial charge in [-0.2, -0.15) is 0 Å². The van der Waals surface area contributed by atoms with Crippen LogP contribution >= 0.6 is 0 Å². The van der Waals surface area contributed by atoms with Gasteiger partial charge >= 0.3 is 0 Å². The number of benzene rings is 2. The minimum Gasteiger partial charge on any atom is -0.484 e. The van der Waals surface area contributed by atoms with Crippen LogP contribution in [0.15, 0.2) is 48.5 Å². The van der Waals surface area contributed by atoms with Gasteiger partial charge in [0.1, 0.15) is 11.9 Å². The predicted molar refractivity (Wildman–Crippen MR) is 84.0 cm³/mol. The van der Waals surface area contributed by atoms with Crippen molar-refractivity contribution in [1.29, 1.82) is 0 Å². The van der Waals surface area contributed by atoms with E-state index in [1.807, 2.05) is 18.2 Å². The van der Waals surface area contributed by atoms with Crippen LogP contribution in [0.5, 0.6) is 5.75 Å². The first-order valence-electron chi connectivity index (χ1n) is 7.15. The van der Waals surface area contributed by atoms with Gasteiger partial charge in [-0.3, -0.25) is 0 Å². The zero-order chi connectivity index (χ0) is 14.5. The predicted octanol–water partition coefficient (Wildman–Crippen LogP) is 4.16. The van der Waals surface area contributed by atoms with Gasteiger partial charge in [-0.1, -0.05) is 48.9 Å². The Kier molecular flexibility index (Phi) is 4.80. The number of hydrogen-bond donors (Lipinski definition) is 1. The molecule has 0 spiro atoms. The highest BCUT2D eigenvalue weighted by molar-refractivity contribution is 5.30. The molecule has 106 valence electrons. The van der Waals surface area contributed by atoms with Crippen LogP contribution in [-0.4, -0.2) is 6.04 Å². The molecule has 0 aliphatic carbocycles. The molecule has 2 rings (SSSR count). The quantitative estimate of drug-likeness (QED) is 0.884. The van der Waals surface area contributed by atoms with Gasteiger partial charge in [0, 0.05) is 6.04 Å². The molecule has 0 fully saturated rings. The van der Waals surface area contributed by atoms with E-state index in [0.717, 1.165) is 17.7 Å².